The van der Waals surface area contributed by atoms with E-state index in [1.165, 1.54) is 18.4 Å². The molecule has 1 amide bonds. The predicted octanol–water partition coefficient (Wildman–Crippen LogP) is 1.23. The van der Waals surface area contributed by atoms with Gasteiger partial charge in [-0.25, -0.2) is 0 Å². The van der Waals surface area contributed by atoms with Crippen LogP contribution < -0.4 is 5.32 Å². The molecule has 1 rings (SSSR count). The Hall–Kier alpha value is -0.790. The van der Waals surface area contributed by atoms with Gasteiger partial charge in [-0.15, -0.1) is 0 Å². The molecule has 10 heavy (non-hydrogen) atoms. The van der Waals surface area contributed by atoms with Gasteiger partial charge in [0, 0.05) is 12.6 Å². The fraction of sp³-hybridized carbons (Fsp3) is 0.625. The van der Waals surface area contributed by atoms with Crippen molar-refractivity contribution in [1.29, 1.82) is 0 Å². The summed E-state index contributed by atoms with van der Waals surface area (Å²) >= 11 is 0. The first kappa shape index (κ1) is 7.32. The lowest BCUT2D eigenvalue weighted by molar-refractivity contribution is -0.115. The molecule has 0 atom stereocenters. The molecule has 2 heteroatoms. The maximum Gasteiger partial charge on any atom is 0.244 e. The van der Waals surface area contributed by atoms with Crippen LogP contribution in [0.15, 0.2) is 11.6 Å². The van der Waals surface area contributed by atoms with E-state index >= 15 is 0 Å². The smallest absolute Gasteiger partial charge is 0.244 e. The van der Waals surface area contributed by atoms with Crippen LogP contribution in [0.4, 0.5) is 0 Å². The number of rotatable bonds is 3. The van der Waals surface area contributed by atoms with Crippen LogP contribution in [0.3, 0.4) is 0 Å². The molecule has 0 aliphatic carbocycles. The van der Waals surface area contributed by atoms with Crippen molar-refractivity contribution in [2.75, 3.05) is 6.54 Å². The summed E-state index contributed by atoms with van der Waals surface area (Å²) in [7, 11) is 0. The molecule has 0 aromatic carbocycles. The third kappa shape index (κ3) is 1.87. The van der Waals surface area contributed by atoms with E-state index in [-0.39, 0.29) is 5.91 Å². The normalized spacial score (nSPS) is 16.9. The maximum atomic E-state index is 10.6. The molecule has 1 aliphatic rings. The van der Waals surface area contributed by atoms with Crippen LogP contribution in [-0.2, 0) is 4.79 Å². The second kappa shape index (κ2) is 3.40. The van der Waals surface area contributed by atoms with Crippen LogP contribution in [0.25, 0.3) is 0 Å². The van der Waals surface area contributed by atoms with Gasteiger partial charge in [0.15, 0.2) is 0 Å². The summed E-state index contributed by atoms with van der Waals surface area (Å²) in [5, 5.41) is 2.75. The van der Waals surface area contributed by atoms with E-state index in [0.717, 1.165) is 13.0 Å². The summed E-state index contributed by atoms with van der Waals surface area (Å²) in [5.74, 6) is 0.0751. The fourth-order valence-electron chi connectivity index (χ4n) is 1.05. The summed E-state index contributed by atoms with van der Waals surface area (Å²) in [4.78, 5) is 10.6. The largest absolute Gasteiger partial charge is 0.349 e. The Kier molecular flexibility index (Phi) is 2.49. The van der Waals surface area contributed by atoms with E-state index in [0.29, 0.717) is 0 Å². The average Bonchev–Trinajstić information content (AvgIpc) is 2.31. The van der Waals surface area contributed by atoms with Crippen molar-refractivity contribution in [3.63, 3.8) is 0 Å². The molecule has 0 radical (unpaired) electrons. The molecule has 0 saturated heterocycles. The number of hydrogen-bond donors (Lipinski definition) is 1. The van der Waals surface area contributed by atoms with E-state index in [2.05, 4.69) is 12.2 Å². The second-order valence-electron chi connectivity index (χ2n) is 2.62. The highest BCUT2D eigenvalue weighted by atomic mass is 16.1. The molecule has 0 aromatic heterocycles. The van der Waals surface area contributed by atoms with Crippen molar-refractivity contribution in [3.05, 3.63) is 11.6 Å². The highest BCUT2D eigenvalue weighted by Crippen LogP contribution is 2.09. The van der Waals surface area contributed by atoms with Gasteiger partial charge < -0.3 is 5.32 Å². The lowest BCUT2D eigenvalue weighted by Crippen LogP contribution is -2.14. The Morgan fingerprint density at radius 3 is 3.00 bits per heavy atom. The first-order chi connectivity index (χ1) is 4.83. The van der Waals surface area contributed by atoms with E-state index in [1.54, 1.807) is 6.08 Å². The van der Waals surface area contributed by atoms with Crippen LogP contribution in [0.5, 0.6) is 0 Å². The van der Waals surface area contributed by atoms with Gasteiger partial charge in [0.25, 0.3) is 0 Å². The average molecular weight is 139 g/mol. The van der Waals surface area contributed by atoms with E-state index < -0.39 is 0 Å². The third-order valence-corrected chi connectivity index (χ3v) is 1.68. The van der Waals surface area contributed by atoms with Crippen molar-refractivity contribution in [3.8, 4) is 0 Å². The summed E-state index contributed by atoms with van der Waals surface area (Å²) < 4.78 is 0. The fourth-order valence-corrected chi connectivity index (χ4v) is 1.05. The molecule has 0 fully saturated rings. The van der Waals surface area contributed by atoms with E-state index in [1.807, 2.05) is 0 Å². The summed E-state index contributed by atoms with van der Waals surface area (Å²) in [6.45, 7) is 2.93. The van der Waals surface area contributed by atoms with Gasteiger partial charge in [0.05, 0.1) is 0 Å². The highest BCUT2D eigenvalue weighted by Gasteiger charge is 2.08. The Balaban J connectivity index is 2.28. The molecular formula is C8H13NO. The summed E-state index contributed by atoms with van der Waals surface area (Å²) in [6.07, 6.45) is 5.19. The molecule has 1 N–H and O–H groups in total. The van der Waals surface area contributed by atoms with Gasteiger partial charge in [-0.1, -0.05) is 13.3 Å². The number of unbranched alkanes of at least 4 members (excludes halogenated alkanes) is 1. The van der Waals surface area contributed by atoms with Crippen molar-refractivity contribution in [2.24, 2.45) is 0 Å². The van der Waals surface area contributed by atoms with Crippen LogP contribution in [-0.4, -0.2) is 12.5 Å². The van der Waals surface area contributed by atoms with Crippen molar-refractivity contribution in [2.45, 2.75) is 26.2 Å². The zero-order valence-electron chi connectivity index (χ0n) is 6.31. The van der Waals surface area contributed by atoms with Gasteiger partial charge in [0.2, 0.25) is 5.91 Å². The van der Waals surface area contributed by atoms with Crippen molar-refractivity contribution < 1.29 is 4.79 Å². The lowest BCUT2D eigenvalue weighted by atomic mass is 10.1. The number of amides is 1. The van der Waals surface area contributed by atoms with Crippen molar-refractivity contribution in [1.82, 2.24) is 5.32 Å². The minimum absolute atomic E-state index is 0.0751. The molecule has 0 saturated carbocycles. The molecule has 0 bridgehead atoms. The quantitative estimate of drug-likeness (QED) is 0.626. The number of carbonyl (C=O) groups is 1. The summed E-state index contributed by atoms with van der Waals surface area (Å²) in [6, 6.07) is 0. The molecule has 1 aliphatic heterocycles. The Labute approximate surface area is 61.3 Å². The molecular weight excluding hydrogens is 126 g/mol. The van der Waals surface area contributed by atoms with Gasteiger partial charge in [-0.3, -0.25) is 4.79 Å². The first-order valence-corrected chi connectivity index (χ1v) is 3.80. The molecule has 0 spiro atoms. The van der Waals surface area contributed by atoms with Crippen molar-refractivity contribution >= 4 is 5.91 Å². The Bertz CT molecular complexity index is 161. The van der Waals surface area contributed by atoms with Gasteiger partial charge in [-0.2, -0.15) is 0 Å². The minimum Gasteiger partial charge on any atom is -0.349 e. The predicted molar refractivity (Wildman–Crippen MR) is 40.6 cm³/mol. The summed E-state index contributed by atoms with van der Waals surface area (Å²) in [5.41, 5.74) is 1.26. The van der Waals surface area contributed by atoms with Gasteiger partial charge in [-0.05, 0) is 18.4 Å². The number of hydrogen-bond acceptors (Lipinski definition) is 1. The SMILES string of the molecule is CCCCC1=CC(=O)NC1. The molecule has 0 aromatic rings. The Morgan fingerprint density at radius 2 is 2.50 bits per heavy atom. The first-order valence-electron chi connectivity index (χ1n) is 3.80. The minimum atomic E-state index is 0.0751. The number of carbonyl (C=O) groups excluding carboxylic acids is 1. The molecule has 2 nitrogen and oxygen atoms in total. The topological polar surface area (TPSA) is 29.1 Å². The van der Waals surface area contributed by atoms with E-state index in [9.17, 15) is 4.79 Å². The zero-order valence-corrected chi connectivity index (χ0v) is 6.31. The molecule has 1 heterocycles. The van der Waals surface area contributed by atoms with Crippen LogP contribution >= 0.6 is 0 Å². The van der Waals surface area contributed by atoms with E-state index in [4.69, 9.17) is 0 Å². The Morgan fingerprint density at radius 1 is 1.70 bits per heavy atom. The second-order valence-corrected chi connectivity index (χ2v) is 2.62. The maximum absolute atomic E-state index is 10.6. The van der Waals surface area contributed by atoms with Gasteiger partial charge in [0.1, 0.15) is 0 Å². The van der Waals surface area contributed by atoms with Crippen LogP contribution in [0.1, 0.15) is 26.2 Å². The zero-order chi connectivity index (χ0) is 7.40. The third-order valence-electron chi connectivity index (χ3n) is 1.68. The van der Waals surface area contributed by atoms with Crippen LogP contribution in [0, 0.1) is 0 Å². The monoisotopic (exact) mass is 139 g/mol. The van der Waals surface area contributed by atoms with Crippen LogP contribution in [0.2, 0.25) is 0 Å². The van der Waals surface area contributed by atoms with Gasteiger partial charge >= 0.3 is 0 Å². The molecule has 56 valence electrons. The number of nitrogens with one attached hydrogen (secondary N) is 1. The molecule has 0 unspecified atom stereocenters. The highest BCUT2D eigenvalue weighted by molar-refractivity contribution is 5.90. The lowest BCUT2D eigenvalue weighted by Gasteiger charge is -1.96. The standard InChI is InChI=1S/C8H13NO/c1-2-3-4-7-5-8(10)9-6-7/h5H,2-4,6H2,1H3,(H,9,10).